The number of H-pyrrole nitrogens is 2. The Morgan fingerprint density at radius 2 is 1.91 bits per heavy atom. The molecule has 0 bridgehead atoms. The normalized spacial score (nSPS) is 10.0. The largest absolute Gasteiger partial charge is 0.310 e. The van der Waals surface area contributed by atoms with Crippen LogP contribution in [0.1, 0.15) is 18.2 Å². The molecular formula is C7H10N2O2. The summed E-state index contributed by atoms with van der Waals surface area (Å²) in [5.41, 5.74) is 0.294. The minimum atomic E-state index is -0.576. The average Bonchev–Trinajstić information content (AvgIpc) is 1.99. The van der Waals surface area contributed by atoms with Crippen LogP contribution in [0, 0.1) is 6.92 Å². The van der Waals surface area contributed by atoms with Gasteiger partial charge in [-0.15, -0.1) is 0 Å². The van der Waals surface area contributed by atoms with Crippen molar-refractivity contribution in [2.75, 3.05) is 0 Å². The molecule has 0 aliphatic carbocycles. The lowest BCUT2D eigenvalue weighted by atomic mass is 10.2. The van der Waals surface area contributed by atoms with Crippen LogP contribution in [0.3, 0.4) is 0 Å². The first-order valence-electron chi connectivity index (χ1n) is 3.47. The van der Waals surface area contributed by atoms with Crippen LogP contribution in [0.25, 0.3) is 0 Å². The second-order valence-corrected chi connectivity index (χ2v) is 2.37. The van der Waals surface area contributed by atoms with E-state index in [-0.39, 0.29) is 0 Å². The summed E-state index contributed by atoms with van der Waals surface area (Å²) in [6.07, 6.45) is 0.588. The Kier molecular flexibility index (Phi) is 1.94. The second-order valence-electron chi connectivity index (χ2n) is 2.37. The van der Waals surface area contributed by atoms with E-state index in [1.807, 2.05) is 6.92 Å². The molecule has 4 heteroatoms. The summed E-state index contributed by atoms with van der Waals surface area (Å²) in [6, 6.07) is 0. The highest BCUT2D eigenvalue weighted by Gasteiger charge is 2.03. The van der Waals surface area contributed by atoms with Gasteiger partial charge in [-0.1, -0.05) is 6.92 Å². The number of nitrogens with one attached hydrogen (secondary N) is 2. The summed E-state index contributed by atoms with van der Waals surface area (Å²) in [7, 11) is 0. The van der Waals surface area contributed by atoms with Crippen LogP contribution in [0.15, 0.2) is 9.59 Å². The Morgan fingerprint density at radius 3 is 2.36 bits per heavy atom. The molecule has 0 saturated heterocycles. The molecule has 1 aromatic rings. The van der Waals surface area contributed by atoms with Gasteiger partial charge in [0, 0.05) is 11.3 Å². The van der Waals surface area contributed by atoms with Gasteiger partial charge in [0.2, 0.25) is 5.43 Å². The monoisotopic (exact) mass is 154 g/mol. The van der Waals surface area contributed by atoms with Crippen molar-refractivity contribution in [1.82, 2.24) is 10.2 Å². The minimum absolute atomic E-state index is 0.427. The highest BCUT2D eigenvalue weighted by Crippen LogP contribution is 1.93. The van der Waals surface area contributed by atoms with Gasteiger partial charge < -0.3 is 5.10 Å². The van der Waals surface area contributed by atoms with Crippen molar-refractivity contribution >= 4 is 0 Å². The molecule has 0 unspecified atom stereocenters. The molecule has 0 radical (unpaired) electrons. The molecule has 1 rings (SSSR count). The van der Waals surface area contributed by atoms with Gasteiger partial charge in [0.1, 0.15) is 0 Å². The van der Waals surface area contributed by atoms with E-state index >= 15 is 0 Å². The van der Waals surface area contributed by atoms with Crippen molar-refractivity contribution in [1.29, 1.82) is 0 Å². The number of aromatic nitrogens is 2. The average molecular weight is 154 g/mol. The summed E-state index contributed by atoms with van der Waals surface area (Å²) in [5, 5.41) is 4.87. The van der Waals surface area contributed by atoms with E-state index in [1.165, 1.54) is 0 Å². The summed E-state index contributed by atoms with van der Waals surface area (Å²) in [5.74, 6) is 0. The smallest absolute Gasteiger partial charge is 0.302 e. The molecule has 60 valence electrons. The van der Waals surface area contributed by atoms with Crippen LogP contribution < -0.4 is 11.0 Å². The standard InChI is InChI=1S/C7H10N2O2/c1-3-5-4(2)8-9-7(11)6(5)10/h3H2,1-2H3,(H,8,10)(H,9,11). The highest BCUT2D eigenvalue weighted by atomic mass is 16.2. The van der Waals surface area contributed by atoms with E-state index in [0.717, 1.165) is 5.69 Å². The van der Waals surface area contributed by atoms with Crippen molar-refractivity contribution < 1.29 is 0 Å². The molecule has 0 amide bonds. The van der Waals surface area contributed by atoms with Gasteiger partial charge in [-0.05, 0) is 13.3 Å². The van der Waals surface area contributed by atoms with Gasteiger partial charge in [-0.3, -0.25) is 14.7 Å². The van der Waals surface area contributed by atoms with Crippen LogP contribution in [-0.4, -0.2) is 10.2 Å². The third-order valence-corrected chi connectivity index (χ3v) is 1.65. The molecule has 0 aromatic carbocycles. The van der Waals surface area contributed by atoms with E-state index in [0.29, 0.717) is 12.0 Å². The lowest BCUT2D eigenvalue weighted by molar-refractivity contribution is 0.885. The molecular weight excluding hydrogens is 144 g/mol. The number of hydrogen-bond donors (Lipinski definition) is 2. The molecule has 11 heavy (non-hydrogen) atoms. The summed E-state index contributed by atoms with van der Waals surface area (Å²) >= 11 is 0. The van der Waals surface area contributed by atoms with Crippen LogP contribution in [0.4, 0.5) is 0 Å². The maximum Gasteiger partial charge on any atom is 0.310 e. The fourth-order valence-electron chi connectivity index (χ4n) is 1.02. The molecule has 1 aromatic heterocycles. The third kappa shape index (κ3) is 1.24. The molecule has 0 fully saturated rings. The molecule has 1 heterocycles. The topological polar surface area (TPSA) is 65.7 Å². The lowest BCUT2D eigenvalue weighted by Crippen LogP contribution is -2.31. The third-order valence-electron chi connectivity index (χ3n) is 1.65. The van der Waals surface area contributed by atoms with Crippen molar-refractivity contribution in [3.8, 4) is 0 Å². The van der Waals surface area contributed by atoms with Crippen molar-refractivity contribution in [2.24, 2.45) is 0 Å². The van der Waals surface area contributed by atoms with Crippen LogP contribution in [-0.2, 0) is 6.42 Å². The fourth-order valence-corrected chi connectivity index (χ4v) is 1.02. The van der Waals surface area contributed by atoms with Gasteiger partial charge >= 0.3 is 5.56 Å². The van der Waals surface area contributed by atoms with Crippen molar-refractivity contribution in [3.05, 3.63) is 31.8 Å². The predicted octanol–water partition coefficient (Wildman–Crippen LogP) is -0.0660. The molecule has 4 nitrogen and oxygen atoms in total. The maximum atomic E-state index is 11.1. The maximum absolute atomic E-state index is 11.1. The van der Waals surface area contributed by atoms with Crippen LogP contribution in [0.2, 0.25) is 0 Å². The molecule has 0 atom stereocenters. The Hall–Kier alpha value is -1.32. The first-order valence-corrected chi connectivity index (χ1v) is 3.47. The lowest BCUT2D eigenvalue weighted by Gasteiger charge is -1.98. The van der Waals surface area contributed by atoms with E-state index in [9.17, 15) is 9.59 Å². The zero-order chi connectivity index (χ0) is 8.43. The number of hydrogen-bond acceptors (Lipinski definition) is 2. The summed E-state index contributed by atoms with van der Waals surface area (Å²) < 4.78 is 0. The highest BCUT2D eigenvalue weighted by molar-refractivity contribution is 5.15. The number of aryl methyl sites for hydroxylation is 1. The molecule has 2 N–H and O–H groups in total. The second kappa shape index (κ2) is 2.74. The zero-order valence-electron chi connectivity index (χ0n) is 6.52. The number of aromatic amines is 2. The Labute approximate surface area is 63.3 Å². The molecule has 0 aliphatic heterocycles. The van der Waals surface area contributed by atoms with E-state index in [4.69, 9.17) is 0 Å². The molecule has 0 aliphatic rings. The van der Waals surface area contributed by atoms with Gasteiger partial charge in [-0.25, -0.2) is 0 Å². The molecule has 0 spiro atoms. The summed E-state index contributed by atoms with van der Waals surface area (Å²) in [4.78, 5) is 21.8. The van der Waals surface area contributed by atoms with Gasteiger partial charge in [0.15, 0.2) is 0 Å². The van der Waals surface area contributed by atoms with Crippen LogP contribution >= 0.6 is 0 Å². The van der Waals surface area contributed by atoms with Gasteiger partial charge in [0.05, 0.1) is 0 Å². The van der Waals surface area contributed by atoms with E-state index < -0.39 is 11.0 Å². The Morgan fingerprint density at radius 1 is 1.27 bits per heavy atom. The quantitative estimate of drug-likeness (QED) is 0.556. The fraction of sp³-hybridized carbons (Fsp3) is 0.429. The van der Waals surface area contributed by atoms with Crippen LogP contribution in [0.5, 0.6) is 0 Å². The zero-order valence-corrected chi connectivity index (χ0v) is 6.52. The SMILES string of the molecule is CCc1c(C)[nH][nH]c(=O)c1=O. The van der Waals surface area contributed by atoms with Crippen molar-refractivity contribution in [2.45, 2.75) is 20.3 Å². The van der Waals surface area contributed by atoms with E-state index in [1.54, 1.807) is 6.92 Å². The first kappa shape index (κ1) is 7.78. The summed E-state index contributed by atoms with van der Waals surface area (Å²) in [6.45, 7) is 3.60. The predicted molar refractivity (Wildman–Crippen MR) is 41.8 cm³/mol. The number of rotatable bonds is 1. The van der Waals surface area contributed by atoms with Gasteiger partial charge in [-0.2, -0.15) is 0 Å². The Bertz CT molecular complexity index is 361. The van der Waals surface area contributed by atoms with Crippen molar-refractivity contribution in [3.63, 3.8) is 0 Å². The van der Waals surface area contributed by atoms with E-state index in [2.05, 4.69) is 10.2 Å². The minimum Gasteiger partial charge on any atom is -0.302 e. The first-order chi connectivity index (χ1) is 5.16. The van der Waals surface area contributed by atoms with Gasteiger partial charge in [0.25, 0.3) is 0 Å². The Balaban J connectivity index is 3.54. The molecule has 0 saturated carbocycles.